The van der Waals surface area contributed by atoms with Gasteiger partial charge in [-0.05, 0) is 24.3 Å². The van der Waals surface area contributed by atoms with Gasteiger partial charge in [-0.25, -0.2) is 0 Å². The van der Waals surface area contributed by atoms with Crippen molar-refractivity contribution in [3.05, 3.63) is 49.6 Å². The molecule has 0 aliphatic heterocycles. The summed E-state index contributed by atoms with van der Waals surface area (Å²) < 4.78 is 39.0. The van der Waals surface area contributed by atoms with Crippen LogP contribution in [0.3, 0.4) is 0 Å². The molecule has 0 atom stereocenters. The molecule has 102 valence electrons. The lowest BCUT2D eigenvalue weighted by atomic mass is 10.1. The lowest BCUT2D eigenvalue weighted by Crippen LogP contribution is -2.10. The average Bonchev–Trinajstić information content (AvgIpc) is 2.72. The predicted octanol–water partition coefficient (Wildman–Crippen LogP) is 5.79. The first-order chi connectivity index (χ1) is 8.86. The summed E-state index contributed by atoms with van der Waals surface area (Å²) in [6.07, 6.45) is -4.39. The highest BCUT2D eigenvalue weighted by Gasteiger charge is 2.33. The van der Waals surface area contributed by atoms with Crippen molar-refractivity contribution in [2.24, 2.45) is 0 Å². The fraction of sp³-hybridized carbons (Fsp3) is 0.167. The smallest absolute Gasteiger partial charge is 0.380 e. The molecular formula is C12H8BrClF3NS. The topological polar surface area (TPSA) is 12.0 Å². The van der Waals surface area contributed by atoms with Gasteiger partial charge in [-0.2, -0.15) is 13.2 Å². The van der Waals surface area contributed by atoms with E-state index in [1.54, 1.807) is 17.5 Å². The zero-order valence-corrected chi connectivity index (χ0v) is 12.6. The van der Waals surface area contributed by atoms with Gasteiger partial charge in [-0.3, -0.25) is 0 Å². The minimum absolute atomic E-state index is 0.0558. The number of hydrogen-bond acceptors (Lipinski definition) is 2. The molecule has 19 heavy (non-hydrogen) atoms. The number of benzene rings is 1. The zero-order valence-electron chi connectivity index (χ0n) is 9.39. The van der Waals surface area contributed by atoms with E-state index in [0.29, 0.717) is 16.0 Å². The first-order valence-corrected chi connectivity index (χ1v) is 7.25. The maximum atomic E-state index is 12.9. The van der Waals surface area contributed by atoms with Gasteiger partial charge in [0.1, 0.15) is 0 Å². The molecule has 0 amide bonds. The maximum Gasteiger partial charge on any atom is 0.418 e. The Morgan fingerprint density at radius 1 is 1.26 bits per heavy atom. The fourth-order valence-electron chi connectivity index (χ4n) is 1.53. The van der Waals surface area contributed by atoms with Gasteiger partial charge < -0.3 is 5.32 Å². The maximum absolute atomic E-state index is 12.9. The highest BCUT2D eigenvalue weighted by molar-refractivity contribution is 9.10. The Hall–Kier alpha value is -0.720. The van der Waals surface area contributed by atoms with Crippen molar-refractivity contribution >= 4 is 44.6 Å². The number of alkyl halides is 3. The van der Waals surface area contributed by atoms with Crippen molar-refractivity contribution in [2.75, 3.05) is 5.32 Å². The number of hydrogen-bond donors (Lipinski definition) is 1. The van der Waals surface area contributed by atoms with E-state index >= 15 is 0 Å². The Bertz CT molecular complexity index is 583. The summed E-state index contributed by atoms with van der Waals surface area (Å²) in [4.78, 5) is 0.876. The largest absolute Gasteiger partial charge is 0.418 e. The predicted molar refractivity (Wildman–Crippen MR) is 75.8 cm³/mol. The minimum Gasteiger partial charge on any atom is -0.380 e. The third-order valence-electron chi connectivity index (χ3n) is 2.36. The Balaban J connectivity index is 2.20. The van der Waals surface area contributed by atoms with E-state index in [-0.39, 0.29) is 5.69 Å². The molecule has 0 radical (unpaired) electrons. The van der Waals surface area contributed by atoms with Crippen LogP contribution in [0.1, 0.15) is 10.4 Å². The SMILES string of the molecule is FC(F)(F)c1cc(Br)ccc1NCc1cc(Cl)cs1. The van der Waals surface area contributed by atoms with Gasteiger partial charge in [0.2, 0.25) is 0 Å². The summed E-state index contributed by atoms with van der Waals surface area (Å²) in [5.41, 5.74) is -0.634. The third-order valence-corrected chi connectivity index (χ3v) is 4.14. The summed E-state index contributed by atoms with van der Waals surface area (Å²) in [6, 6.07) is 5.76. The molecule has 1 N–H and O–H groups in total. The molecule has 1 aromatic heterocycles. The minimum atomic E-state index is -4.39. The number of halogens is 5. The molecule has 1 aromatic carbocycles. The van der Waals surface area contributed by atoms with E-state index in [0.717, 1.165) is 10.9 Å². The number of thiophene rings is 1. The molecule has 1 nitrogen and oxygen atoms in total. The monoisotopic (exact) mass is 369 g/mol. The molecule has 0 bridgehead atoms. The number of rotatable bonds is 3. The van der Waals surface area contributed by atoms with Gasteiger partial charge in [0, 0.05) is 27.0 Å². The molecule has 2 aromatic rings. The Kier molecular flexibility index (Phi) is 4.43. The molecule has 2 rings (SSSR count). The normalized spacial score (nSPS) is 11.6. The van der Waals surface area contributed by atoms with Crippen LogP contribution in [-0.2, 0) is 12.7 Å². The van der Waals surface area contributed by atoms with E-state index < -0.39 is 11.7 Å². The third kappa shape index (κ3) is 3.87. The van der Waals surface area contributed by atoms with Crippen molar-refractivity contribution in [3.63, 3.8) is 0 Å². The van der Waals surface area contributed by atoms with Gasteiger partial charge in [-0.1, -0.05) is 27.5 Å². The molecule has 0 aliphatic carbocycles. The van der Waals surface area contributed by atoms with Crippen LogP contribution in [-0.4, -0.2) is 0 Å². The molecule has 0 fully saturated rings. The molecule has 7 heteroatoms. The second kappa shape index (κ2) is 5.73. The van der Waals surface area contributed by atoms with Gasteiger partial charge in [0.25, 0.3) is 0 Å². The van der Waals surface area contributed by atoms with Crippen molar-refractivity contribution < 1.29 is 13.2 Å². The van der Waals surface area contributed by atoms with E-state index in [1.165, 1.54) is 17.4 Å². The Labute approximate surface area is 125 Å². The van der Waals surface area contributed by atoms with Gasteiger partial charge in [-0.15, -0.1) is 11.3 Å². The quantitative estimate of drug-likeness (QED) is 0.720. The van der Waals surface area contributed by atoms with Crippen molar-refractivity contribution in [3.8, 4) is 0 Å². The molecule has 1 heterocycles. The van der Waals surface area contributed by atoms with Crippen molar-refractivity contribution in [1.29, 1.82) is 0 Å². The second-order valence-electron chi connectivity index (χ2n) is 3.77. The zero-order chi connectivity index (χ0) is 14.0. The molecule has 0 unspecified atom stereocenters. The van der Waals surface area contributed by atoms with Crippen LogP contribution in [0.15, 0.2) is 34.1 Å². The standard InChI is InChI=1S/C12H8BrClF3NS/c13-7-1-2-11(10(3-7)12(15,16)17)18-5-9-4-8(14)6-19-9/h1-4,6,18H,5H2. The summed E-state index contributed by atoms with van der Waals surface area (Å²) >= 11 is 10.2. The van der Waals surface area contributed by atoms with E-state index in [1.807, 2.05) is 0 Å². The van der Waals surface area contributed by atoms with Crippen molar-refractivity contribution in [1.82, 2.24) is 0 Å². The highest BCUT2D eigenvalue weighted by atomic mass is 79.9. The van der Waals surface area contributed by atoms with Crippen LogP contribution in [0.4, 0.5) is 18.9 Å². The lowest BCUT2D eigenvalue weighted by molar-refractivity contribution is -0.137. The van der Waals surface area contributed by atoms with E-state index in [4.69, 9.17) is 11.6 Å². The van der Waals surface area contributed by atoms with Gasteiger partial charge in [0.15, 0.2) is 0 Å². The molecular weight excluding hydrogens is 363 g/mol. The summed E-state index contributed by atoms with van der Waals surface area (Å²) in [7, 11) is 0. The summed E-state index contributed by atoms with van der Waals surface area (Å²) in [5, 5.41) is 5.12. The summed E-state index contributed by atoms with van der Waals surface area (Å²) in [5.74, 6) is 0. The van der Waals surface area contributed by atoms with Crippen LogP contribution in [0, 0.1) is 0 Å². The van der Waals surface area contributed by atoms with Crippen LogP contribution in [0.25, 0.3) is 0 Å². The number of nitrogens with one attached hydrogen (secondary N) is 1. The lowest BCUT2D eigenvalue weighted by Gasteiger charge is -2.14. The van der Waals surface area contributed by atoms with Gasteiger partial charge >= 0.3 is 6.18 Å². The van der Waals surface area contributed by atoms with Crippen LogP contribution >= 0.6 is 38.9 Å². The number of anilines is 1. The molecule has 0 aliphatic rings. The van der Waals surface area contributed by atoms with Crippen LogP contribution < -0.4 is 5.32 Å². The Morgan fingerprint density at radius 3 is 2.58 bits per heavy atom. The Morgan fingerprint density at radius 2 is 2.00 bits per heavy atom. The van der Waals surface area contributed by atoms with Crippen molar-refractivity contribution in [2.45, 2.75) is 12.7 Å². The highest BCUT2D eigenvalue weighted by Crippen LogP contribution is 2.36. The molecule has 0 saturated carbocycles. The second-order valence-corrected chi connectivity index (χ2v) is 6.12. The first kappa shape index (κ1) is 14.7. The average molecular weight is 371 g/mol. The summed E-state index contributed by atoms with van der Waals surface area (Å²) in [6.45, 7) is 0.308. The van der Waals surface area contributed by atoms with Crippen LogP contribution in [0.2, 0.25) is 5.02 Å². The van der Waals surface area contributed by atoms with Gasteiger partial charge in [0.05, 0.1) is 10.6 Å². The van der Waals surface area contributed by atoms with Crippen LogP contribution in [0.5, 0.6) is 0 Å². The molecule has 0 saturated heterocycles. The molecule has 0 spiro atoms. The van der Waals surface area contributed by atoms with E-state index in [2.05, 4.69) is 21.2 Å². The fourth-order valence-corrected chi connectivity index (χ4v) is 2.91. The first-order valence-electron chi connectivity index (χ1n) is 5.20. The van der Waals surface area contributed by atoms with E-state index in [9.17, 15) is 13.2 Å².